The van der Waals surface area contributed by atoms with E-state index in [0.29, 0.717) is 22.7 Å². The van der Waals surface area contributed by atoms with Gasteiger partial charge in [0.15, 0.2) is 0 Å². The van der Waals surface area contributed by atoms with Crippen LogP contribution in [0.4, 0.5) is 5.69 Å². The van der Waals surface area contributed by atoms with E-state index >= 15 is 0 Å². The van der Waals surface area contributed by atoms with Gasteiger partial charge in [0.1, 0.15) is 11.5 Å². The van der Waals surface area contributed by atoms with Crippen LogP contribution in [0.5, 0.6) is 11.5 Å². The standard InChI is InChI=1S/C15H15BrN2O2/c1-8-5-10(15(18)19)6-9(2)14(8)20-13-4-3-11(16)7-12(13)17/h3-7H,17H2,1-2H3,(H2,18,19). The minimum atomic E-state index is -0.453. The number of aryl methyl sites for hydroxylation is 2. The molecular weight excluding hydrogens is 320 g/mol. The van der Waals surface area contributed by atoms with Crippen molar-refractivity contribution in [1.82, 2.24) is 0 Å². The number of amides is 1. The molecule has 0 atom stereocenters. The first-order valence-corrected chi connectivity index (χ1v) is 6.81. The van der Waals surface area contributed by atoms with E-state index < -0.39 is 5.91 Å². The molecule has 4 N–H and O–H groups in total. The molecule has 4 nitrogen and oxygen atoms in total. The zero-order valence-corrected chi connectivity index (χ0v) is 12.8. The minimum Gasteiger partial charge on any atom is -0.455 e. The molecule has 0 aromatic heterocycles. The number of nitrogens with two attached hydrogens (primary N) is 2. The number of carbonyl (C=O) groups excluding carboxylic acids is 1. The molecule has 2 aromatic carbocycles. The Hall–Kier alpha value is -2.01. The lowest BCUT2D eigenvalue weighted by molar-refractivity contribution is 0.1000. The summed E-state index contributed by atoms with van der Waals surface area (Å²) in [5.74, 6) is 0.807. The lowest BCUT2D eigenvalue weighted by Gasteiger charge is -2.14. The third-order valence-electron chi connectivity index (χ3n) is 2.93. The number of ether oxygens (including phenoxy) is 1. The van der Waals surface area contributed by atoms with Crippen molar-refractivity contribution in [3.63, 3.8) is 0 Å². The molecular formula is C15H15BrN2O2. The van der Waals surface area contributed by atoms with Crippen LogP contribution in [0.1, 0.15) is 21.5 Å². The molecule has 104 valence electrons. The number of benzene rings is 2. The van der Waals surface area contributed by atoms with Crippen LogP contribution in [-0.2, 0) is 0 Å². The van der Waals surface area contributed by atoms with Crippen LogP contribution >= 0.6 is 15.9 Å². The van der Waals surface area contributed by atoms with Gasteiger partial charge in [-0.25, -0.2) is 0 Å². The molecule has 20 heavy (non-hydrogen) atoms. The molecule has 0 aliphatic carbocycles. The van der Waals surface area contributed by atoms with Crippen molar-refractivity contribution in [3.05, 3.63) is 51.5 Å². The van der Waals surface area contributed by atoms with Crippen LogP contribution in [0, 0.1) is 13.8 Å². The maximum absolute atomic E-state index is 11.2. The maximum Gasteiger partial charge on any atom is 0.248 e. The molecule has 5 heteroatoms. The topological polar surface area (TPSA) is 78.3 Å². The molecule has 0 saturated heterocycles. The molecule has 0 aliphatic rings. The molecule has 0 heterocycles. The molecule has 0 unspecified atom stereocenters. The van der Waals surface area contributed by atoms with Crippen molar-refractivity contribution in [2.45, 2.75) is 13.8 Å². The molecule has 2 aromatic rings. The van der Waals surface area contributed by atoms with Crippen molar-refractivity contribution in [2.24, 2.45) is 5.73 Å². The lowest BCUT2D eigenvalue weighted by Crippen LogP contribution is -2.11. The van der Waals surface area contributed by atoms with Crippen LogP contribution in [0.25, 0.3) is 0 Å². The first kappa shape index (κ1) is 14.4. The van der Waals surface area contributed by atoms with Gasteiger partial charge in [0.05, 0.1) is 5.69 Å². The van der Waals surface area contributed by atoms with E-state index in [4.69, 9.17) is 16.2 Å². The summed E-state index contributed by atoms with van der Waals surface area (Å²) in [6, 6.07) is 8.84. The number of primary amides is 1. The Morgan fingerprint density at radius 2 is 1.75 bits per heavy atom. The molecule has 0 radical (unpaired) electrons. The average molecular weight is 335 g/mol. The summed E-state index contributed by atoms with van der Waals surface area (Å²) in [7, 11) is 0. The predicted octanol–water partition coefficient (Wildman–Crippen LogP) is 3.54. The molecule has 0 bridgehead atoms. The number of nitrogen functional groups attached to an aromatic ring is 1. The van der Waals surface area contributed by atoms with Gasteiger partial charge in [-0.15, -0.1) is 0 Å². The normalized spacial score (nSPS) is 10.3. The summed E-state index contributed by atoms with van der Waals surface area (Å²) in [4.78, 5) is 11.2. The molecule has 2 rings (SSSR count). The van der Waals surface area contributed by atoms with Gasteiger partial charge in [-0.05, 0) is 55.3 Å². The Morgan fingerprint density at radius 1 is 1.15 bits per heavy atom. The van der Waals surface area contributed by atoms with Crippen molar-refractivity contribution >= 4 is 27.5 Å². The van der Waals surface area contributed by atoms with E-state index in [1.54, 1.807) is 24.3 Å². The van der Waals surface area contributed by atoms with Gasteiger partial charge in [-0.1, -0.05) is 15.9 Å². The number of rotatable bonds is 3. The quantitative estimate of drug-likeness (QED) is 0.842. The monoisotopic (exact) mass is 334 g/mol. The number of hydrogen-bond donors (Lipinski definition) is 2. The molecule has 0 fully saturated rings. The number of halogens is 1. The van der Waals surface area contributed by atoms with Gasteiger partial charge >= 0.3 is 0 Å². The highest BCUT2D eigenvalue weighted by Gasteiger charge is 2.11. The van der Waals surface area contributed by atoms with Crippen LogP contribution in [0.15, 0.2) is 34.8 Å². The Kier molecular flexibility index (Phi) is 3.99. The van der Waals surface area contributed by atoms with E-state index in [2.05, 4.69) is 15.9 Å². The van der Waals surface area contributed by atoms with Crippen LogP contribution in [-0.4, -0.2) is 5.91 Å². The van der Waals surface area contributed by atoms with Gasteiger partial charge < -0.3 is 16.2 Å². The second-order valence-electron chi connectivity index (χ2n) is 4.59. The number of anilines is 1. The van der Waals surface area contributed by atoms with Crippen LogP contribution < -0.4 is 16.2 Å². The Labute approximate surface area is 125 Å². The molecule has 0 aliphatic heterocycles. The fraction of sp³-hybridized carbons (Fsp3) is 0.133. The van der Waals surface area contributed by atoms with Crippen molar-refractivity contribution in [2.75, 3.05) is 5.73 Å². The highest BCUT2D eigenvalue weighted by molar-refractivity contribution is 9.10. The summed E-state index contributed by atoms with van der Waals surface area (Å²) in [6.07, 6.45) is 0. The number of hydrogen-bond acceptors (Lipinski definition) is 3. The first-order chi connectivity index (χ1) is 9.38. The fourth-order valence-corrected chi connectivity index (χ4v) is 2.35. The van der Waals surface area contributed by atoms with Gasteiger partial charge in [-0.2, -0.15) is 0 Å². The first-order valence-electron chi connectivity index (χ1n) is 6.02. The molecule has 0 spiro atoms. The third kappa shape index (κ3) is 2.93. The smallest absolute Gasteiger partial charge is 0.248 e. The lowest BCUT2D eigenvalue weighted by atomic mass is 10.1. The maximum atomic E-state index is 11.2. The summed E-state index contributed by atoms with van der Waals surface area (Å²) < 4.78 is 6.75. The summed E-state index contributed by atoms with van der Waals surface area (Å²) in [5, 5.41) is 0. The zero-order valence-electron chi connectivity index (χ0n) is 11.2. The summed E-state index contributed by atoms with van der Waals surface area (Å²) >= 11 is 3.35. The van der Waals surface area contributed by atoms with E-state index in [0.717, 1.165) is 15.6 Å². The van der Waals surface area contributed by atoms with E-state index in [9.17, 15) is 4.79 Å². The Morgan fingerprint density at radius 3 is 2.25 bits per heavy atom. The second kappa shape index (κ2) is 5.54. The highest BCUT2D eigenvalue weighted by atomic mass is 79.9. The Bertz CT molecular complexity index is 661. The van der Waals surface area contributed by atoms with Crippen molar-refractivity contribution in [3.8, 4) is 11.5 Å². The largest absolute Gasteiger partial charge is 0.455 e. The summed E-state index contributed by atoms with van der Waals surface area (Å²) in [5.41, 5.74) is 13.9. The van der Waals surface area contributed by atoms with Crippen LogP contribution in [0.2, 0.25) is 0 Å². The predicted molar refractivity (Wildman–Crippen MR) is 83.1 cm³/mol. The van der Waals surface area contributed by atoms with Gasteiger partial charge in [0, 0.05) is 10.0 Å². The molecule has 0 saturated carbocycles. The average Bonchev–Trinajstić information content (AvgIpc) is 2.35. The Balaban J connectivity index is 2.41. The SMILES string of the molecule is Cc1cc(C(N)=O)cc(C)c1Oc1ccc(Br)cc1N. The van der Waals surface area contributed by atoms with Gasteiger partial charge in [0.2, 0.25) is 5.91 Å². The fourth-order valence-electron chi connectivity index (χ4n) is 1.98. The van der Waals surface area contributed by atoms with E-state index in [-0.39, 0.29) is 0 Å². The third-order valence-corrected chi connectivity index (χ3v) is 3.42. The minimum absolute atomic E-state index is 0.453. The van der Waals surface area contributed by atoms with Gasteiger partial charge in [0.25, 0.3) is 0 Å². The molecule has 1 amide bonds. The van der Waals surface area contributed by atoms with Gasteiger partial charge in [-0.3, -0.25) is 4.79 Å². The number of carbonyl (C=O) groups is 1. The highest BCUT2D eigenvalue weighted by Crippen LogP contribution is 2.34. The summed E-state index contributed by atoms with van der Waals surface area (Å²) in [6.45, 7) is 3.73. The zero-order chi connectivity index (χ0) is 14.9. The van der Waals surface area contributed by atoms with Crippen molar-refractivity contribution < 1.29 is 9.53 Å². The van der Waals surface area contributed by atoms with Crippen molar-refractivity contribution in [1.29, 1.82) is 0 Å². The second-order valence-corrected chi connectivity index (χ2v) is 5.50. The van der Waals surface area contributed by atoms with E-state index in [1.165, 1.54) is 0 Å². The van der Waals surface area contributed by atoms with E-state index in [1.807, 2.05) is 19.9 Å². The van der Waals surface area contributed by atoms with Crippen LogP contribution in [0.3, 0.4) is 0 Å².